The molecule has 2 N–H and O–H groups in total. The lowest BCUT2D eigenvalue weighted by atomic mass is 10.2. The van der Waals surface area contributed by atoms with Gasteiger partial charge in [-0.1, -0.05) is 6.07 Å². The van der Waals surface area contributed by atoms with Gasteiger partial charge < -0.3 is 15.0 Å². The first-order valence-corrected chi connectivity index (χ1v) is 5.55. The van der Waals surface area contributed by atoms with Crippen molar-refractivity contribution in [2.75, 3.05) is 13.7 Å². The van der Waals surface area contributed by atoms with Crippen molar-refractivity contribution < 1.29 is 14.3 Å². The molecule has 1 amide bonds. The summed E-state index contributed by atoms with van der Waals surface area (Å²) in [5, 5.41) is 3.38. The predicted octanol–water partition coefficient (Wildman–Crippen LogP) is 1.50. The predicted molar refractivity (Wildman–Crippen MR) is 67.9 cm³/mol. The highest BCUT2D eigenvalue weighted by Crippen LogP contribution is 2.25. The van der Waals surface area contributed by atoms with Crippen LogP contribution in [0, 0.1) is 0 Å². The molecule has 0 aliphatic rings. The Labute approximate surface area is 104 Å². The molecule has 0 saturated carbocycles. The van der Waals surface area contributed by atoms with Crippen LogP contribution in [0.3, 0.4) is 0 Å². The largest absolute Gasteiger partial charge is 0.496 e. The number of amides is 1. The molecule has 0 aliphatic carbocycles. The minimum Gasteiger partial charge on any atom is -0.496 e. The van der Waals surface area contributed by atoms with Crippen LogP contribution in [0.1, 0.15) is 17.4 Å². The summed E-state index contributed by atoms with van der Waals surface area (Å²) in [6.45, 7) is 1.46. The van der Waals surface area contributed by atoms with Gasteiger partial charge in [0.25, 0.3) is 5.91 Å². The minimum atomic E-state index is -0.302. The number of methoxy groups -OCH3 is 1. The second-order valence-electron chi connectivity index (χ2n) is 3.99. The lowest BCUT2D eigenvalue weighted by Gasteiger charge is -1.99. The molecule has 18 heavy (non-hydrogen) atoms. The molecule has 5 nitrogen and oxygen atoms in total. The number of carbonyl (C=O) groups is 2. The molecule has 2 aromatic rings. The third kappa shape index (κ3) is 2.34. The van der Waals surface area contributed by atoms with Crippen molar-refractivity contribution in [3.8, 4) is 5.75 Å². The summed E-state index contributed by atoms with van der Waals surface area (Å²) in [6.07, 6.45) is 0. The Bertz CT molecular complexity index is 601. The molecule has 1 aromatic carbocycles. The van der Waals surface area contributed by atoms with Crippen LogP contribution in [0.2, 0.25) is 0 Å². The molecule has 94 valence electrons. The van der Waals surface area contributed by atoms with E-state index in [1.54, 1.807) is 13.2 Å². The number of rotatable bonds is 4. The molecule has 0 fully saturated rings. The maximum Gasteiger partial charge on any atom is 0.268 e. The van der Waals surface area contributed by atoms with Crippen LogP contribution in [0.15, 0.2) is 24.3 Å². The fraction of sp³-hybridized carbons (Fsp3) is 0.231. The zero-order valence-electron chi connectivity index (χ0n) is 10.2. The molecule has 0 spiro atoms. The van der Waals surface area contributed by atoms with Gasteiger partial charge in [-0.3, -0.25) is 9.59 Å². The Morgan fingerprint density at radius 2 is 2.17 bits per heavy atom. The summed E-state index contributed by atoms with van der Waals surface area (Å²) in [6, 6.07) is 7.24. The number of nitrogens with one attached hydrogen (secondary N) is 2. The monoisotopic (exact) mass is 246 g/mol. The van der Waals surface area contributed by atoms with Gasteiger partial charge in [0.1, 0.15) is 17.2 Å². The number of aromatic amines is 1. The second kappa shape index (κ2) is 4.91. The topological polar surface area (TPSA) is 71.2 Å². The number of ether oxygens (including phenoxy) is 1. The van der Waals surface area contributed by atoms with Gasteiger partial charge in [-0.05, 0) is 25.1 Å². The first-order chi connectivity index (χ1) is 8.61. The van der Waals surface area contributed by atoms with Crippen LogP contribution in [0.25, 0.3) is 10.9 Å². The molecule has 0 bridgehead atoms. The van der Waals surface area contributed by atoms with Crippen LogP contribution in [-0.2, 0) is 4.79 Å². The number of carbonyl (C=O) groups excluding carboxylic acids is 2. The first-order valence-electron chi connectivity index (χ1n) is 5.55. The summed E-state index contributed by atoms with van der Waals surface area (Å²) in [5.74, 6) is 0.315. The Balaban J connectivity index is 2.29. The minimum absolute atomic E-state index is 0.0331. The molecule has 2 rings (SSSR count). The van der Waals surface area contributed by atoms with E-state index in [1.807, 2.05) is 18.2 Å². The molecule has 0 saturated heterocycles. The summed E-state index contributed by atoms with van der Waals surface area (Å²) in [5.41, 5.74) is 1.23. The standard InChI is InChI=1S/C13H14N2O3/c1-8(16)7-14-13(17)11-6-9-10(15-11)4-3-5-12(9)18-2/h3-6,15H,7H2,1-2H3,(H,14,17). The number of fused-ring (bicyclic) bond motifs is 1. The van der Waals surface area contributed by atoms with E-state index < -0.39 is 0 Å². The zero-order chi connectivity index (χ0) is 13.1. The molecular formula is C13H14N2O3. The highest BCUT2D eigenvalue weighted by atomic mass is 16.5. The molecule has 0 unspecified atom stereocenters. The van der Waals surface area contributed by atoms with Crippen LogP contribution in [0.4, 0.5) is 0 Å². The van der Waals surface area contributed by atoms with Gasteiger partial charge in [0.05, 0.1) is 13.7 Å². The summed E-state index contributed by atoms with van der Waals surface area (Å²) < 4.78 is 5.21. The summed E-state index contributed by atoms with van der Waals surface area (Å²) >= 11 is 0. The van der Waals surface area contributed by atoms with Crippen molar-refractivity contribution >= 4 is 22.6 Å². The Morgan fingerprint density at radius 3 is 2.83 bits per heavy atom. The number of H-pyrrole nitrogens is 1. The van der Waals surface area contributed by atoms with Crippen LogP contribution < -0.4 is 10.1 Å². The van der Waals surface area contributed by atoms with Gasteiger partial charge in [0.15, 0.2) is 0 Å². The number of ketones is 1. The lowest BCUT2D eigenvalue weighted by Crippen LogP contribution is -2.28. The van der Waals surface area contributed by atoms with Gasteiger partial charge in [-0.15, -0.1) is 0 Å². The Morgan fingerprint density at radius 1 is 1.39 bits per heavy atom. The molecule has 0 radical (unpaired) electrons. The van der Waals surface area contributed by atoms with Gasteiger partial charge in [0.2, 0.25) is 0 Å². The van der Waals surface area contributed by atoms with E-state index in [4.69, 9.17) is 4.74 Å². The average Bonchev–Trinajstić information content (AvgIpc) is 2.79. The average molecular weight is 246 g/mol. The normalized spacial score (nSPS) is 10.3. The first kappa shape index (κ1) is 12.2. The van der Waals surface area contributed by atoms with Crippen molar-refractivity contribution in [1.82, 2.24) is 10.3 Å². The SMILES string of the molecule is COc1cccc2[nH]c(C(=O)NCC(C)=O)cc12. The molecule has 1 heterocycles. The van der Waals surface area contributed by atoms with Gasteiger partial charge in [-0.25, -0.2) is 0 Å². The van der Waals surface area contributed by atoms with Crippen LogP contribution in [0.5, 0.6) is 5.75 Å². The highest BCUT2D eigenvalue weighted by molar-refractivity contribution is 6.00. The van der Waals surface area contributed by atoms with Crippen molar-refractivity contribution in [2.24, 2.45) is 0 Å². The van der Waals surface area contributed by atoms with E-state index >= 15 is 0 Å². The number of hydrogen-bond donors (Lipinski definition) is 2. The van der Waals surface area contributed by atoms with Gasteiger partial charge in [-0.2, -0.15) is 0 Å². The lowest BCUT2D eigenvalue weighted by molar-refractivity contribution is -0.116. The highest BCUT2D eigenvalue weighted by Gasteiger charge is 2.11. The van der Waals surface area contributed by atoms with E-state index in [9.17, 15) is 9.59 Å². The van der Waals surface area contributed by atoms with Crippen molar-refractivity contribution in [2.45, 2.75) is 6.92 Å². The number of benzene rings is 1. The van der Waals surface area contributed by atoms with E-state index in [2.05, 4.69) is 10.3 Å². The van der Waals surface area contributed by atoms with Gasteiger partial charge >= 0.3 is 0 Å². The Hall–Kier alpha value is -2.30. The van der Waals surface area contributed by atoms with E-state index in [1.165, 1.54) is 6.92 Å². The third-order valence-corrected chi connectivity index (χ3v) is 2.59. The fourth-order valence-corrected chi connectivity index (χ4v) is 1.73. The molecular weight excluding hydrogens is 232 g/mol. The Kier molecular flexibility index (Phi) is 3.32. The van der Waals surface area contributed by atoms with Crippen molar-refractivity contribution in [3.63, 3.8) is 0 Å². The van der Waals surface area contributed by atoms with Crippen molar-refractivity contribution in [1.29, 1.82) is 0 Å². The number of aromatic nitrogens is 1. The summed E-state index contributed by atoms with van der Waals surface area (Å²) in [4.78, 5) is 25.6. The number of hydrogen-bond acceptors (Lipinski definition) is 3. The second-order valence-corrected chi connectivity index (χ2v) is 3.99. The van der Waals surface area contributed by atoms with E-state index in [0.29, 0.717) is 11.4 Å². The quantitative estimate of drug-likeness (QED) is 0.858. The fourth-order valence-electron chi connectivity index (χ4n) is 1.73. The third-order valence-electron chi connectivity index (χ3n) is 2.59. The van der Waals surface area contributed by atoms with Crippen LogP contribution in [-0.4, -0.2) is 30.3 Å². The maximum atomic E-state index is 11.8. The smallest absolute Gasteiger partial charge is 0.268 e. The van der Waals surface area contributed by atoms with E-state index in [-0.39, 0.29) is 18.2 Å². The maximum absolute atomic E-state index is 11.8. The van der Waals surface area contributed by atoms with E-state index in [0.717, 1.165) is 10.9 Å². The molecule has 1 aromatic heterocycles. The molecule has 5 heteroatoms. The summed E-state index contributed by atoms with van der Waals surface area (Å²) in [7, 11) is 1.58. The zero-order valence-corrected chi connectivity index (χ0v) is 10.2. The molecule has 0 atom stereocenters. The van der Waals surface area contributed by atoms with Crippen molar-refractivity contribution in [3.05, 3.63) is 30.0 Å². The number of Topliss-reactive ketones (excluding diaryl/α,β-unsaturated/α-hetero) is 1. The van der Waals surface area contributed by atoms with Gasteiger partial charge in [0, 0.05) is 10.9 Å². The molecule has 0 aliphatic heterocycles. The van der Waals surface area contributed by atoms with Crippen LogP contribution >= 0.6 is 0 Å².